The molecule has 0 amide bonds. The molecule has 2 heterocycles. The molecule has 0 unspecified atom stereocenters. The second-order valence-corrected chi connectivity index (χ2v) is 3.35. The van der Waals surface area contributed by atoms with Gasteiger partial charge in [0.25, 0.3) is 0 Å². The summed E-state index contributed by atoms with van der Waals surface area (Å²) in [4.78, 5) is 11.5. The molecule has 0 atom stereocenters. The third-order valence-corrected chi connectivity index (χ3v) is 2.43. The van der Waals surface area contributed by atoms with Gasteiger partial charge in [0, 0.05) is 11.6 Å². The highest BCUT2D eigenvalue weighted by atomic mass is 14.9. The molecular formula is C12H9N3. The van der Waals surface area contributed by atoms with Gasteiger partial charge in [0.15, 0.2) is 0 Å². The number of imidazole rings is 1. The van der Waals surface area contributed by atoms with Crippen LogP contribution in [0.3, 0.4) is 0 Å². The minimum Gasteiger partial charge on any atom is -0.343 e. The number of nitrogens with zero attached hydrogens (tertiary/aromatic N) is 2. The van der Waals surface area contributed by atoms with Crippen LogP contribution in [0.15, 0.2) is 49.1 Å². The van der Waals surface area contributed by atoms with Crippen LogP contribution in [0, 0.1) is 0 Å². The van der Waals surface area contributed by atoms with Gasteiger partial charge in [-0.15, -0.1) is 0 Å². The summed E-state index contributed by atoms with van der Waals surface area (Å²) in [5, 5.41) is 2.33. The smallest absolute Gasteiger partial charge is 0.0958 e. The largest absolute Gasteiger partial charge is 0.343 e. The molecule has 0 fully saturated rings. The van der Waals surface area contributed by atoms with E-state index in [0.29, 0.717) is 0 Å². The van der Waals surface area contributed by atoms with Crippen molar-refractivity contribution < 1.29 is 0 Å². The number of hydrogen-bond acceptors (Lipinski definition) is 2. The summed E-state index contributed by atoms with van der Waals surface area (Å²) < 4.78 is 0. The Hall–Kier alpha value is -2.16. The van der Waals surface area contributed by atoms with E-state index in [9.17, 15) is 0 Å². The second kappa shape index (κ2) is 3.20. The van der Waals surface area contributed by atoms with Crippen molar-refractivity contribution in [2.24, 2.45) is 0 Å². The highest BCUT2D eigenvalue weighted by Gasteiger charge is 2.04. The van der Waals surface area contributed by atoms with Gasteiger partial charge >= 0.3 is 0 Å². The second-order valence-electron chi connectivity index (χ2n) is 3.35. The molecule has 3 nitrogen and oxygen atoms in total. The summed E-state index contributed by atoms with van der Waals surface area (Å²) in [6.07, 6.45) is 5.27. The van der Waals surface area contributed by atoms with E-state index in [-0.39, 0.29) is 0 Å². The Bertz CT molecular complexity index is 579. The molecule has 0 saturated carbocycles. The van der Waals surface area contributed by atoms with Crippen LogP contribution in [0.2, 0.25) is 0 Å². The van der Waals surface area contributed by atoms with E-state index in [1.807, 2.05) is 24.4 Å². The molecule has 0 radical (unpaired) electrons. The SMILES string of the molecule is c1ccc2c(-c3cnc[nH]3)nccc2c1. The fourth-order valence-electron chi connectivity index (χ4n) is 1.72. The first kappa shape index (κ1) is 8.17. The van der Waals surface area contributed by atoms with Crippen LogP contribution >= 0.6 is 0 Å². The van der Waals surface area contributed by atoms with E-state index < -0.39 is 0 Å². The van der Waals surface area contributed by atoms with Gasteiger partial charge in [-0.05, 0) is 11.5 Å². The summed E-state index contributed by atoms with van der Waals surface area (Å²) >= 11 is 0. The van der Waals surface area contributed by atoms with E-state index in [2.05, 4.69) is 27.1 Å². The first-order valence-electron chi connectivity index (χ1n) is 4.77. The monoisotopic (exact) mass is 195 g/mol. The molecule has 3 heteroatoms. The van der Waals surface area contributed by atoms with Crippen molar-refractivity contribution in [3.8, 4) is 11.4 Å². The summed E-state index contributed by atoms with van der Waals surface area (Å²) in [5.41, 5.74) is 1.90. The van der Waals surface area contributed by atoms with Crippen molar-refractivity contribution in [2.75, 3.05) is 0 Å². The van der Waals surface area contributed by atoms with E-state index in [1.54, 1.807) is 12.5 Å². The Morgan fingerprint density at radius 2 is 2.00 bits per heavy atom. The average Bonchev–Trinajstić information content (AvgIpc) is 2.82. The average molecular weight is 195 g/mol. The Balaban J connectivity index is 2.36. The van der Waals surface area contributed by atoms with E-state index in [0.717, 1.165) is 16.8 Å². The van der Waals surface area contributed by atoms with Crippen molar-refractivity contribution >= 4 is 10.8 Å². The lowest BCUT2D eigenvalue weighted by Gasteiger charge is -2.02. The van der Waals surface area contributed by atoms with Crippen LogP contribution < -0.4 is 0 Å². The van der Waals surface area contributed by atoms with Gasteiger partial charge in [0.05, 0.1) is 23.9 Å². The minimum atomic E-state index is 0.950. The molecule has 0 aliphatic heterocycles. The Morgan fingerprint density at radius 1 is 1.07 bits per heavy atom. The summed E-state index contributed by atoms with van der Waals surface area (Å²) in [7, 11) is 0. The summed E-state index contributed by atoms with van der Waals surface area (Å²) in [6.45, 7) is 0. The molecule has 0 spiro atoms. The molecular weight excluding hydrogens is 186 g/mol. The number of aromatic nitrogens is 3. The lowest BCUT2D eigenvalue weighted by Crippen LogP contribution is -1.85. The predicted octanol–water partition coefficient (Wildman–Crippen LogP) is 2.62. The van der Waals surface area contributed by atoms with Gasteiger partial charge in [-0.2, -0.15) is 0 Å². The summed E-state index contributed by atoms with van der Waals surface area (Å²) in [6, 6.07) is 10.2. The number of benzene rings is 1. The van der Waals surface area contributed by atoms with E-state index in [4.69, 9.17) is 0 Å². The van der Waals surface area contributed by atoms with Gasteiger partial charge in [0.1, 0.15) is 0 Å². The van der Waals surface area contributed by atoms with E-state index >= 15 is 0 Å². The number of pyridine rings is 1. The zero-order valence-electron chi connectivity index (χ0n) is 8.01. The van der Waals surface area contributed by atoms with Crippen LogP contribution in [-0.2, 0) is 0 Å². The molecule has 0 bridgehead atoms. The van der Waals surface area contributed by atoms with Gasteiger partial charge in [0.2, 0.25) is 0 Å². The third-order valence-electron chi connectivity index (χ3n) is 2.43. The third kappa shape index (κ3) is 1.29. The number of H-pyrrole nitrogens is 1. The molecule has 1 aromatic carbocycles. The van der Waals surface area contributed by atoms with Crippen LogP contribution in [-0.4, -0.2) is 15.0 Å². The van der Waals surface area contributed by atoms with Gasteiger partial charge < -0.3 is 4.98 Å². The van der Waals surface area contributed by atoms with Crippen molar-refractivity contribution in [3.63, 3.8) is 0 Å². The maximum Gasteiger partial charge on any atom is 0.0958 e. The maximum atomic E-state index is 4.38. The van der Waals surface area contributed by atoms with Crippen LogP contribution in [0.4, 0.5) is 0 Å². The normalized spacial score (nSPS) is 10.7. The van der Waals surface area contributed by atoms with Crippen molar-refractivity contribution in [1.82, 2.24) is 15.0 Å². The number of aromatic amines is 1. The fourth-order valence-corrected chi connectivity index (χ4v) is 1.72. The summed E-state index contributed by atoms with van der Waals surface area (Å²) in [5.74, 6) is 0. The number of rotatable bonds is 1. The first-order chi connectivity index (χ1) is 7.45. The molecule has 3 aromatic rings. The zero-order valence-corrected chi connectivity index (χ0v) is 8.01. The lowest BCUT2D eigenvalue weighted by molar-refractivity contribution is 1.29. The van der Waals surface area contributed by atoms with Gasteiger partial charge in [-0.1, -0.05) is 24.3 Å². The highest BCUT2D eigenvalue weighted by Crippen LogP contribution is 2.23. The zero-order chi connectivity index (χ0) is 10.1. The Morgan fingerprint density at radius 3 is 2.87 bits per heavy atom. The molecule has 1 N–H and O–H groups in total. The number of hydrogen-bond donors (Lipinski definition) is 1. The maximum absolute atomic E-state index is 4.38. The van der Waals surface area contributed by atoms with Crippen molar-refractivity contribution in [1.29, 1.82) is 0 Å². The van der Waals surface area contributed by atoms with Crippen molar-refractivity contribution in [3.05, 3.63) is 49.1 Å². The Kier molecular flexibility index (Phi) is 1.75. The topological polar surface area (TPSA) is 41.6 Å². The van der Waals surface area contributed by atoms with Crippen LogP contribution in [0.25, 0.3) is 22.2 Å². The van der Waals surface area contributed by atoms with Crippen LogP contribution in [0.5, 0.6) is 0 Å². The molecule has 15 heavy (non-hydrogen) atoms. The van der Waals surface area contributed by atoms with E-state index in [1.165, 1.54) is 5.39 Å². The molecule has 0 aliphatic carbocycles. The fraction of sp³-hybridized carbons (Fsp3) is 0. The number of fused-ring (bicyclic) bond motifs is 1. The van der Waals surface area contributed by atoms with Gasteiger partial charge in [-0.3, -0.25) is 4.98 Å². The molecule has 0 aliphatic rings. The number of nitrogens with one attached hydrogen (secondary N) is 1. The minimum absolute atomic E-state index is 0.950. The van der Waals surface area contributed by atoms with Gasteiger partial charge in [-0.25, -0.2) is 4.98 Å². The first-order valence-corrected chi connectivity index (χ1v) is 4.77. The van der Waals surface area contributed by atoms with Crippen molar-refractivity contribution in [2.45, 2.75) is 0 Å². The standard InChI is InChI=1S/C12H9N3/c1-2-4-10-9(3-1)5-6-14-12(10)11-7-13-8-15-11/h1-8H,(H,13,15). The Labute approximate surface area is 86.8 Å². The molecule has 3 rings (SSSR count). The lowest BCUT2D eigenvalue weighted by atomic mass is 10.1. The highest BCUT2D eigenvalue weighted by molar-refractivity contribution is 5.93. The quantitative estimate of drug-likeness (QED) is 0.648. The predicted molar refractivity (Wildman–Crippen MR) is 59.3 cm³/mol. The molecule has 0 saturated heterocycles. The van der Waals surface area contributed by atoms with Crippen LogP contribution in [0.1, 0.15) is 0 Å². The molecule has 2 aromatic heterocycles. The molecule has 72 valence electrons.